The number of aryl methyl sites for hydroxylation is 1. The Hall–Kier alpha value is -4.45. The Bertz CT molecular complexity index is 1460. The minimum absolute atomic E-state index is 0.217. The van der Waals surface area contributed by atoms with Crippen LogP contribution in [-0.4, -0.2) is 24.9 Å². The van der Waals surface area contributed by atoms with Gasteiger partial charge in [-0.15, -0.1) is 0 Å². The molecule has 4 aromatic carbocycles. The average Bonchev–Trinajstić information content (AvgIpc) is 2.98. The van der Waals surface area contributed by atoms with Gasteiger partial charge in [0.05, 0.1) is 5.56 Å². The van der Waals surface area contributed by atoms with E-state index in [2.05, 4.69) is 39.8 Å². The topological polar surface area (TPSA) is 61.4 Å². The zero-order valence-corrected chi connectivity index (χ0v) is 22.7. The summed E-state index contributed by atoms with van der Waals surface area (Å²) < 4.78 is 13.3. The summed E-state index contributed by atoms with van der Waals surface area (Å²) in [6, 6.07) is 29.6. The van der Waals surface area contributed by atoms with E-state index in [-0.39, 0.29) is 24.2 Å². The van der Waals surface area contributed by atoms with E-state index in [0.717, 1.165) is 49.2 Å². The molecule has 0 radical (unpaired) electrons. The van der Waals surface area contributed by atoms with E-state index in [4.69, 9.17) is 0 Å². The zero-order valence-electron chi connectivity index (χ0n) is 22.7. The summed E-state index contributed by atoms with van der Waals surface area (Å²) in [6.45, 7) is 3.88. The Kier molecular flexibility index (Phi) is 8.55. The molecule has 0 unspecified atom stereocenters. The van der Waals surface area contributed by atoms with Crippen LogP contribution in [0.3, 0.4) is 0 Å². The highest BCUT2D eigenvalue weighted by atomic mass is 19.1. The van der Waals surface area contributed by atoms with E-state index in [0.29, 0.717) is 22.7 Å². The van der Waals surface area contributed by atoms with Crippen molar-refractivity contribution in [3.8, 4) is 0 Å². The first-order chi connectivity index (χ1) is 19.5. The van der Waals surface area contributed by atoms with Crippen molar-refractivity contribution >= 4 is 23.2 Å². The fourth-order valence-electron chi connectivity index (χ4n) is 5.30. The number of benzene rings is 4. The second-order valence-corrected chi connectivity index (χ2v) is 10.4. The average molecular weight is 536 g/mol. The Morgan fingerprint density at radius 2 is 1.50 bits per heavy atom. The molecule has 2 amide bonds. The lowest BCUT2D eigenvalue weighted by atomic mass is 9.89. The first kappa shape index (κ1) is 27.1. The van der Waals surface area contributed by atoms with E-state index >= 15 is 0 Å². The lowest BCUT2D eigenvalue weighted by Crippen LogP contribution is -2.36. The van der Waals surface area contributed by atoms with Gasteiger partial charge >= 0.3 is 0 Å². The molecule has 1 fully saturated rings. The maximum atomic E-state index is 13.5. The maximum absolute atomic E-state index is 13.5. The fraction of sp³-hybridized carbons (Fsp3) is 0.235. The summed E-state index contributed by atoms with van der Waals surface area (Å²) in [6.07, 6.45) is 3.14. The first-order valence-corrected chi connectivity index (χ1v) is 13.8. The first-order valence-electron chi connectivity index (χ1n) is 13.8. The van der Waals surface area contributed by atoms with Crippen LogP contribution in [0.25, 0.3) is 0 Å². The van der Waals surface area contributed by atoms with Crippen LogP contribution >= 0.6 is 0 Å². The summed E-state index contributed by atoms with van der Waals surface area (Å²) >= 11 is 0. The van der Waals surface area contributed by atoms with Crippen LogP contribution in [0.15, 0.2) is 97.1 Å². The molecular formula is C34H34FN3O2. The van der Waals surface area contributed by atoms with Crippen LogP contribution in [0.2, 0.25) is 0 Å². The van der Waals surface area contributed by atoms with Crippen molar-refractivity contribution in [2.24, 2.45) is 5.92 Å². The van der Waals surface area contributed by atoms with Crippen molar-refractivity contribution in [1.82, 2.24) is 5.32 Å². The predicted octanol–water partition coefficient (Wildman–Crippen LogP) is 6.78. The van der Waals surface area contributed by atoms with Gasteiger partial charge in [0.2, 0.25) is 0 Å². The van der Waals surface area contributed by atoms with Gasteiger partial charge in [-0.05, 0) is 85.2 Å². The minimum atomic E-state index is -0.315. The van der Waals surface area contributed by atoms with Gasteiger partial charge in [0.25, 0.3) is 11.8 Å². The SMILES string of the molecule is Cc1ccccc1C(=O)Nc1ccc(N2CCC(Cc3ccccc3)CC2)c(C(=O)NCc2ccc(F)cc2)c1. The van der Waals surface area contributed by atoms with Gasteiger partial charge in [0.1, 0.15) is 5.82 Å². The third-order valence-corrected chi connectivity index (χ3v) is 7.58. The monoisotopic (exact) mass is 535 g/mol. The molecule has 0 saturated carbocycles. The Morgan fingerprint density at radius 3 is 2.23 bits per heavy atom. The van der Waals surface area contributed by atoms with Crippen LogP contribution < -0.4 is 15.5 Å². The number of hydrogen-bond acceptors (Lipinski definition) is 3. The second kappa shape index (κ2) is 12.6. The molecule has 40 heavy (non-hydrogen) atoms. The summed E-state index contributed by atoms with van der Waals surface area (Å²) in [7, 11) is 0. The number of rotatable bonds is 8. The summed E-state index contributed by atoms with van der Waals surface area (Å²) in [5.41, 5.74) is 5.55. The Balaban J connectivity index is 1.34. The normalized spacial score (nSPS) is 13.6. The van der Waals surface area contributed by atoms with Crippen LogP contribution in [0, 0.1) is 18.7 Å². The van der Waals surface area contributed by atoms with E-state index in [9.17, 15) is 14.0 Å². The molecule has 0 aromatic heterocycles. The number of amides is 2. The Morgan fingerprint density at radius 1 is 0.800 bits per heavy atom. The van der Waals surface area contributed by atoms with E-state index < -0.39 is 0 Å². The van der Waals surface area contributed by atoms with Crippen molar-refractivity contribution in [2.75, 3.05) is 23.3 Å². The molecule has 4 aromatic rings. The van der Waals surface area contributed by atoms with E-state index in [1.54, 1.807) is 24.3 Å². The number of nitrogens with zero attached hydrogens (tertiary/aromatic N) is 1. The predicted molar refractivity (Wildman–Crippen MR) is 158 cm³/mol. The van der Waals surface area contributed by atoms with Gasteiger partial charge in [0.15, 0.2) is 0 Å². The number of anilines is 2. The molecule has 1 saturated heterocycles. The van der Waals surface area contributed by atoms with Gasteiger partial charge in [-0.1, -0.05) is 60.7 Å². The van der Waals surface area contributed by atoms with Gasteiger partial charge in [-0.2, -0.15) is 0 Å². The number of halogens is 1. The highest BCUT2D eigenvalue weighted by Gasteiger charge is 2.24. The number of carbonyl (C=O) groups is 2. The lowest BCUT2D eigenvalue weighted by Gasteiger charge is -2.35. The maximum Gasteiger partial charge on any atom is 0.255 e. The quantitative estimate of drug-likeness (QED) is 0.262. The summed E-state index contributed by atoms with van der Waals surface area (Å²) in [5.74, 6) is -0.171. The molecule has 1 aliphatic rings. The molecule has 0 spiro atoms. The molecule has 1 heterocycles. The highest BCUT2D eigenvalue weighted by Crippen LogP contribution is 2.30. The van der Waals surface area contributed by atoms with E-state index in [1.165, 1.54) is 17.7 Å². The number of carbonyl (C=O) groups excluding carboxylic acids is 2. The molecular weight excluding hydrogens is 501 g/mol. The molecule has 2 N–H and O–H groups in total. The number of piperidine rings is 1. The second-order valence-electron chi connectivity index (χ2n) is 10.4. The highest BCUT2D eigenvalue weighted by molar-refractivity contribution is 6.07. The van der Waals surface area contributed by atoms with E-state index in [1.807, 2.05) is 43.3 Å². The smallest absolute Gasteiger partial charge is 0.255 e. The van der Waals surface area contributed by atoms with Gasteiger partial charge in [-0.25, -0.2) is 4.39 Å². The Labute approximate surface area is 235 Å². The van der Waals surface area contributed by atoms with Crippen molar-refractivity contribution in [2.45, 2.75) is 32.7 Å². The van der Waals surface area contributed by atoms with Crippen LogP contribution in [0.5, 0.6) is 0 Å². The number of nitrogens with one attached hydrogen (secondary N) is 2. The molecule has 5 rings (SSSR count). The summed E-state index contributed by atoms with van der Waals surface area (Å²) in [5, 5.41) is 5.94. The zero-order chi connectivity index (χ0) is 27.9. The molecule has 0 aliphatic carbocycles. The third kappa shape index (κ3) is 6.75. The van der Waals surface area contributed by atoms with Gasteiger partial charge in [-0.3, -0.25) is 9.59 Å². The molecule has 1 aliphatic heterocycles. The minimum Gasteiger partial charge on any atom is -0.371 e. The molecule has 6 heteroatoms. The lowest BCUT2D eigenvalue weighted by molar-refractivity contribution is 0.0950. The summed E-state index contributed by atoms with van der Waals surface area (Å²) in [4.78, 5) is 28.7. The molecule has 204 valence electrons. The van der Waals surface area contributed by atoms with Crippen molar-refractivity contribution in [3.05, 3.63) is 131 Å². The standard InChI is InChI=1S/C34H34FN3O2/c1-24-7-5-6-10-30(24)34(40)37-29-15-16-32(31(22-29)33(39)36-23-27-11-13-28(35)14-12-27)38-19-17-26(18-20-38)21-25-8-3-2-4-9-25/h2-16,22,26H,17-21,23H2,1H3,(H,36,39)(H,37,40). The van der Waals surface area contributed by atoms with Crippen molar-refractivity contribution in [1.29, 1.82) is 0 Å². The third-order valence-electron chi connectivity index (χ3n) is 7.58. The van der Waals surface area contributed by atoms with Gasteiger partial charge in [0, 0.05) is 36.6 Å². The molecule has 0 bridgehead atoms. The van der Waals surface area contributed by atoms with Crippen LogP contribution in [0.1, 0.15) is 50.2 Å². The molecule has 5 nitrogen and oxygen atoms in total. The van der Waals surface area contributed by atoms with Crippen molar-refractivity contribution < 1.29 is 14.0 Å². The van der Waals surface area contributed by atoms with Crippen LogP contribution in [0.4, 0.5) is 15.8 Å². The largest absolute Gasteiger partial charge is 0.371 e. The van der Waals surface area contributed by atoms with Crippen molar-refractivity contribution in [3.63, 3.8) is 0 Å². The molecule has 0 atom stereocenters. The van der Waals surface area contributed by atoms with Gasteiger partial charge < -0.3 is 15.5 Å². The van der Waals surface area contributed by atoms with Crippen LogP contribution in [-0.2, 0) is 13.0 Å². The fourth-order valence-corrected chi connectivity index (χ4v) is 5.30. The number of hydrogen-bond donors (Lipinski definition) is 2.